The number of carbonyl (C=O) groups excluding carboxylic acids is 7. The van der Waals surface area contributed by atoms with Crippen molar-refractivity contribution in [3.63, 3.8) is 0 Å². The van der Waals surface area contributed by atoms with Crippen LogP contribution in [0.5, 0.6) is 5.75 Å². The second-order valence-corrected chi connectivity index (χ2v) is 14.7. The Morgan fingerprint density at radius 3 is 1.84 bits per heavy atom. The maximum absolute atomic E-state index is 13.5. The highest BCUT2D eigenvalue weighted by molar-refractivity contribution is 7.86. The Hall–Kier alpha value is -5.16. The van der Waals surface area contributed by atoms with E-state index in [-0.39, 0.29) is 11.3 Å². The minimum absolute atomic E-state index is 0.0997. The fraction of sp³-hybridized carbons (Fsp3) is 0.571. The summed E-state index contributed by atoms with van der Waals surface area (Å²) in [5.74, 6) is -8.90. The normalized spacial score (nSPS) is 30.4. The minimum atomic E-state index is -4.49. The number of esters is 7. The van der Waals surface area contributed by atoms with Crippen LogP contribution < -0.4 is 4.74 Å². The van der Waals surface area contributed by atoms with Crippen LogP contribution in [0.4, 0.5) is 0 Å². The zero-order valence-electron chi connectivity index (χ0n) is 31.7. The Labute approximate surface area is 325 Å². The maximum Gasteiger partial charge on any atom is 0.338 e. The molecule has 4 rings (SSSR count). The van der Waals surface area contributed by atoms with E-state index in [2.05, 4.69) is 0 Å². The van der Waals surface area contributed by atoms with Crippen LogP contribution in [0.25, 0.3) is 0 Å². The smallest absolute Gasteiger partial charge is 0.338 e. The number of fused-ring (bicyclic) bond motifs is 1. The summed E-state index contributed by atoms with van der Waals surface area (Å²) in [5.41, 5.74) is -2.73. The van der Waals surface area contributed by atoms with Gasteiger partial charge in [0.05, 0.1) is 24.0 Å². The molecule has 2 fully saturated rings. The SMILES string of the molecule is CC(=O)OC[C@H]1O[C@@H](O[C@@H]2OC=C[C@H]3[C@H](OC(=O)c4ccc(OC(C)=O)cc4)[C@@H](OS(C)(=O)=O)[C@@](O)(COC(C)=O)[C@@H]23)[C@H](OC(C)=O)[C@@H](OC(C)=O)[C@@H]1OC(C)=O. The van der Waals surface area contributed by atoms with Crippen molar-refractivity contribution in [1.29, 1.82) is 0 Å². The fourth-order valence-electron chi connectivity index (χ4n) is 6.58. The van der Waals surface area contributed by atoms with Gasteiger partial charge in [-0.1, -0.05) is 0 Å². The first-order valence-corrected chi connectivity index (χ1v) is 18.9. The standard InChI is InChI=1S/C35H42O21S/c1-16(36)47-14-25-28(50-19(4)39)29(51-20(5)40)30(52-21(6)41)34(53-25)55-33-26-24(12-13-46-33)27(31(56-57(7,44)45)35(26,43)15-48-17(2)37)54-32(42)22-8-10-23(11-9-22)49-18(3)38/h8-13,24-31,33-34,43H,14-15H2,1-7H3/t24-,25-,26-,27+,28-,29+,30-,31-,33+,34+,35-/m1/s1. The molecule has 0 bridgehead atoms. The monoisotopic (exact) mass is 830 g/mol. The zero-order valence-corrected chi connectivity index (χ0v) is 32.5. The van der Waals surface area contributed by atoms with E-state index >= 15 is 0 Å². The molecule has 1 aromatic rings. The second kappa shape index (κ2) is 18.4. The van der Waals surface area contributed by atoms with Gasteiger partial charge < -0.3 is 52.5 Å². The van der Waals surface area contributed by atoms with Crippen LogP contribution in [-0.2, 0) is 85.7 Å². The molecule has 0 amide bonds. The molecule has 1 N–H and O–H groups in total. The van der Waals surface area contributed by atoms with Gasteiger partial charge in [0.2, 0.25) is 12.6 Å². The first kappa shape index (κ1) is 44.6. The largest absolute Gasteiger partial charge is 0.472 e. The average molecular weight is 831 g/mol. The second-order valence-electron chi connectivity index (χ2n) is 13.1. The number of carbonyl (C=O) groups is 7. The van der Waals surface area contributed by atoms with E-state index in [1.54, 1.807) is 0 Å². The molecule has 22 heteroatoms. The molecule has 2 heterocycles. The van der Waals surface area contributed by atoms with Crippen molar-refractivity contribution in [3.8, 4) is 5.75 Å². The Bertz CT molecular complexity index is 1840. The van der Waals surface area contributed by atoms with Crippen LogP contribution in [0.1, 0.15) is 51.9 Å². The van der Waals surface area contributed by atoms with Gasteiger partial charge in [-0.15, -0.1) is 0 Å². The summed E-state index contributed by atoms with van der Waals surface area (Å²) in [6.45, 7) is 4.68. The van der Waals surface area contributed by atoms with E-state index < -0.39 is 132 Å². The lowest BCUT2D eigenvalue weighted by atomic mass is 9.83. The molecule has 11 atom stereocenters. The molecule has 1 saturated heterocycles. The molecular formula is C35H42O21S. The van der Waals surface area contributed by atoms with Crippen molar-refractivity contribution in [2.45, 2.75) is 96.3 Å². The maximum atomic E-state index is 13.5. The van der Waals surface area contributed by atoms with Crippen LogP contribution >= 0.6 is 0 Å². The van der Waals surface area contributed by atoms with Crippen LogP contribution in [0, 0.1) is 11.8 Å². The lowest BCUT2D eigenvalue weighted by Crippen LogP contribution is -2.64. The highest BCUT2D eigenvalue weighted by Gasteiger charge is 2.68. The van der Waals surface area contributed by atoms with Crippen LogP contribution in [0.2, 0.25) is 0 Å². The van der Waals surface area contributed by atoms with Gasteiger partial charge in [-0.2, -0.15) is 8.42 Å². The number of benzene rings is 1. The van der Waals surface area contributed by atoms with Gasteiger partial charge in [0.15, 0.2) is 18.3 Å². The number of ether oxygens (including phenoxy) is 10. The molecule has 0 radical (unpaired) electrons. The van der Waals surface area contributed by atoms with Crippen LogP contribution in [-0.4, -0.2) is 130 Å². The van der Waals surface area contributed by atoms with Gasteiger partial charge in [0.1, 0.15) is 42.9 Å². The van der Waals surface area contributed by atoms with Gasteiger partial charge in [-0.25, -0.2) is 4.79 Å². The molecule has 1 aromatic carbocycles. The Kier molecular flexibility index (Phi) is 14.4. The van der Waals surface area contributed by atoms with Crippen molar-refractivity contribution in [2.75, 3.05) is 19.5 Å². The fourth-order valence-corrected chi connectivity index (χ4v) is 7.24. The van der Waals surface area contributed by atoms with Crippen molar-refractivity contribution in [3.05, 3.63) is 42.2 Å². The number of aliphatic hydroxyl groups is 1. The topological polar surface area (TPSA) is 275 Å². The third-order valence-electron chi connectivity index (χ3n) is 8.57. The van der Waals surface area contributed by atoms with E-state index in [1.807, 2.05) is 0 Å². The van der Waals surface area contributed by atoms with Crippen LogP contribution in [0.3, 0.4) is 0 Å². The van der Waals surface area contributed by atoms with Crippen molar-refractivity contribution in [1.82, 2.24) is 0 Å². The summed E-state index contributed by atoms with van der Waals surface area (Å²) in [6.07, 6.45) is -10.8. The lowest BCUT2D eigenvalue weighted by molar-refractivity contribution is -0.350. The molecule has 0 spiro atoms. The van der Waals surface area contributed by atoms with Gasteiger partial charge in [0.25, 0.3) is 10.1 Å². The van der Waals surface area contributed by atoms with E-state index in [9.17, 15) is 47.1 Å². The van der Waals surface area contributed by atoms with E-state index in [4.69, 9.17) is 51.6 Å². The molecule has 1 aliphatic carbocycles. The lowest BCUT2D eigenvalue weighted by Gasteiger charge is -2.46. The summed E-state index contributed by atoms with van der Waals surface area (Å²) in [6, 6.07) is 5.09. The highest BCUT2D eigenvalue weighted by atomic mass is 32.2. The molecule has 0 aromatic heterocycles. The van der Waals surface area contributed by atoms with Gasteiger partial charge in [-0.05, 0) is 30.3 Å². The Morgan fingerprint density at radius 2 is 1.30 bits per heavy atom. The van der Waals surface area contributed by atoms with E-state index in [0.717, 1.165) is 40.9 Å². The van der Waals surface area contributed by atoms with Crippen molar-refractivity contribution >= 4 is 51.9 Å². The summed E-state index contributed by atoms with van der Waals surface area (Å²) < 4.78 is 86.0. The summed E-state index contributed by atoms with van der Waals surface area (Å²) >= 11 is 0. The molecule has 3 aliphatic rings. The number of rotatable bonds is 14. The van der Waals surface area contributed by atoms with Crippen molar-refractivity contribution < 1.29 is 98.6 Å². The van der Waals surface area contributed by atoms with Crippen molar-refractivity contribution in [2.24, 2.45) is 11.8 Å². The minimum Gasteiger partial charge on any atom is -0.472 e. The Balaban J connectivity index is 1.80. The number of hydrogen-bond acceptors (Lipinski definition) is 21. The molecule has 57 heavy (non-hydrogen) atoms. The predicted octanol–water partition coefficient (Wildman–Crippen LogP) is -0.00800. The third-order valence-corrected chi connectivity index (χ3v) is 9.12. The summed E-state index contributed by atoms with van der Waals surface area (Å²) in [7, 11) is -4.49. The zero-order chi connectivity index (χ0) is 42.4. The van der Waals surface area contributed by atoms with E-state index in [0.29, 0.717) is 6.26 Å². The summed E-state index contributed by atoms with van der Waals surface area (Å²) in [4.78, 5) is 85.7. The highest BCUT2D eigenvalue weighted by Crippen LogP contribution is 2.50. The van der Waals surface area contributed by atoms with Gasteiger partial charge in [0, 0.05) is 47.5 Å². The average Bonchev–Trinajstić information content (AvgIpc) is 3.31. The predicted molar refractivity (Wildman–Crippen MR) is 182 cm³/mol. The molecule has 21 nitrogen and oxygen atoms in total. The molecule has 2 aliphatic heterocycles. The summed E-state index contributed by atoms with van der Waals surface area (Å²) in [5, 5.41) is 12.4. The van der Waals surface area contributed by atoms with Gasteiger partial charge >= 0.3 is 41.8 Å². The third kappa shape index (κ3) is 11.5. The molecule has 0 unspecified atom stereocenters. The van der Waals surface area contributed by atoms with Crippen LogP contribution in [0.15, 0.2) is 36.6 Å². The molecular weight excluding hydrogens is 788 g/mol. The first-order chi connectivity index (χ1) is 26.6. The van der Waals surface area contributed by atoms with Gasteiger partial charge in [-0.3, -0.25) is 33.0 Å². The first-order valence-electron chi connectivity index (χ1n) is 17.1. The van der Waals surface area contributed by atoms with E-state index in [1.165, 1.54) is 37.3 Å². The Morgan fingerprint density at radius 1 is 0.719 bits per heavy atom. The number of hydrogen-bond donors (Lipinski definition) is 1. The molecule has 1 saturated carbocycles. The molecule has 314 valence electrons. The quantitative estimate of drug-likeness (QED) is 0.112.